The number of nitriles is 1. The summed E-state index contributed by atoms with van der Waals surface area (Å²) in [5, 5.41) is 44.7. The molecule has 0 amide bonds. The van der Waals surface area contributed by atoms with Gasteiger partial charge >= 0.3 is 0 Å². The van der Waals surface area contributed by atoms with Gasteiger partial charge in [-0.25, -0.2) is 29.9 Å². The van der Waals surface area contributed by atoms with Crippen LogP contribution in [-0.4, -0.2) is 228 Å². The molecule has 0 saturated carbocycles. The summed E-state index contributed by atoms with van der Waals surface area (Å²) in [7, 11) is -3.91. The van der Waals surface area contributed by atoms with Gasteiger partial charge in [-0.3, -0.25) is 28.7 Å². The van der Waals surface area contributed by atoms with Crippen molar-refractivity contribution in [3.05, 3.63) is 93.0 Å². The second-order valence-corrected chi connectivity index (χ2v) is 49.8. The lowest BCUT2D eigenvalue weighted by atomic mass is 9.43. The van der Waals surface area contributed by atoms with E-state index in [9.17, 15) is 5.26 Å². The first-order valence-corrected chi connectivity index (χ1v) is 47.5. The van der Waals surface area contributed by atoms with Gasteiger partial charge in [-0.15, -0.1) is 12.4 Å². The number of rotatable bonds is 27. The minimum Gasteiger partial charge on any atom is -0.361 e. The van der Waals surface area contributed by atoms with Gasteiger partial charge in [0.25, 0.3) is 0 Å². The Morgan fingerprint density at radius 3 is 0.990 bits per heavy atom. The highest BCUT2D eigenvalue weighted by molar-refractivity contribution is 6.76. The standard InChI is InChI=1S/C71H102N22O3Si3.ClH/c1-97(2,3)31-28-94-50-85-25-16-59-62(76-47-79-65(59)85)53-34-82-91(37-53)68(41-88(42-68)56-10-19-73-20-11-56)71(40-72,69(43-89(44-69)57-12-21-74-22-13-57)92-38-54(35-83-92)63-60-17-26-86(66(60)80-48-77-63)51-95-29-32-98(4,5)6)70(45-90(46-70)58-14-23-75-24-15-58)93-39-55(36-84-93)64-61-18-27-87(67(61)81-49-78-64)52-96-30-33-99(7,8)9;/h16-18,25-27,34-39,47-49,56-58,73-75H,10-15,19-24,28-33,41-46,50-52H2,1-9H3;1H. The largest absolute Gasteiger partial charge is 0.361 e. The third kappa shape index (κ3) is 13.1. The summed E-state index contributed by atoms with van der Waals surface area (Å²) in [5.41, 5.74) is 2.94. The lowest BCUT2D eigenvalue weighted by Crippen LogP contribution is -2.91. The minimum absolute atomic E-state index is 0. The molecule has 0 aliphatic carbocycles. The van der Waals surface area contributed by atoms with Crippen LogP contribution < -0.4 is 16.0 Å². The second kappa shape index (κ2) is 28.3. The van der Waals surface area contributed by atoms with Crippen LogP contribution in [0.2, 0.25) is 77.1 Å². The fraction of sp³-hybridized carbons (Fsp3) is 0.606. The Balaban J connectivity index is 0.00000851. The number of fused-ring (bicyclic) bond motifs is 3. The Bertz CT molecular complexity index is 3900. The van der Waals surface area contributed by atoms with Crippen molar-refractivity contribution in [2.45, 2.75) is 171 Å². The van der Waals surface area contributed by atoms with Crippen LogP contribution in [-0.2, 0) is 51.0 Å². The summed E-state index contributed by atoms with van der Waals surface area (Å²) < 4.78 is 31.9. The highest BCUT2D eigenvalue weighted by Crippen LogP contribution is 2.67. The molecular weight excluding hydrogens is 1330 g/mol. The molecule has 15 rings (SSSR count). The first-order valence-electron chi connectivity index (χ1n) is 36.3. The Morgan fingerprint density at radius 2 is 0.730 bits per heavy atom. The number of aromatic nitrogens is 15. The van der Waals surface area contributed by atoms with Crippen LogP contribution in [0.15, 0.2) is 93.0 Å². The van der Waals surface area contributed by atoms with Gasteiger partial charge in [-0.2, -0.15) is 20.6 Å². The topological polar surface area (TPSA) is 243 Å². The van der Waals surface area contributed by atoms with Crippen molar-refractivity contribution < 1.29 is 14.2 Å². The molecular formula is C71H103ClN22O3Si3. The molecule has 0 bridgehead atoms. The Hall–Kier alpha value is -6.44. The number of halogens is 1. The normalized spacial score (nSPS) is 20.0. The Labute approximate surface area is 596 Å². The van der Waals surface area contributed by atoms with Gasteiger partial charge in [0, 0.05) is 171 Å². The van der Waals surface area contributed by atoms with Gasteiger partial charge in [0.15, 0.2) is 0 Å². The van der Waals surface area contributed by atoms with Crippen LogP contribution in [0, 0.1) is 16.7 Å². The number of likely N-dealkylation sites (tertiary alicyclic amines) is 3. The number of ether oxygens (including phenoxy) is 3. The molecule has 0 radical (unpaired) electrons. The zero-order valence-electron chi connectivity index (χ0n) is 60.1. The van der Waals surface area contributed by atoms with E-state index >= 15 is 0 Å². The predicted molar refractivity (Wildman–Crippen MR) is 400 cm³/mol. The molecule has 15 heterocycles. The van der Waals surface area contributed by atoms with Crippen molar-refractivity contribution in [3.63, 3.8) is 0 Å². The third-order valence-electron chi connectivity index (χ3n) is 22.8. The summed E-state index contributed by atoms with van der Waals surface area (Å²) in [5.74, 6) is 0. The molecule has 0 unspecified atom stereocenters. The minimum atomic E-state index is -1.37. The fourth-order valence-electron chi connectivity index (χ4n) is 17.1. The van der Waals surface area contributed by atoms with Crippen molar-refractivity contribution in [3.8, 4) is 39.8 Å². The summed E-state index contributed by atoms with van der Waals surface area (Å²) in [6, 6.07) is 14.0. The maximum absolute atomic E-state index is 14.0. The van der Waals surface area contributed by atoms with Crippen LogP contribution in [0.3, 0.4) is 0 Å². The molecule has 9 aromatic rings. The summed E-state index contributed by atoms with van der Waals surface area (Å²) in [6.45, 7) is 33.7. The van der Waals surface area contributed by atoms with E-state index in [1.165, 1.54) is 0 Å². The summed E-state index contributed by atoms with van der Waals surface area (Å²) in [4.78, 5) is 37.9. The van der Waals surface area contributed by atoms with Crippen molar-refractivity contribution in [2.75, 3.05) is 98.4 Å². The molecule has 9 aromatic heterocycles. The third-order valence-corrected chi connectivity index (χ3v) is 27.9. The van der Waals surface area contributed by atoms with E-state index < -0.39 is 46.3 Å². The SMILES string of the molecule is C[Si](C)(C)CCOCn1ccc2c(-c3cnn(C4(C(C#N)(C5(n6cc(-c7ncnc8c7ccn8COCC[Si](C)(C)C)cn6)CN(C6CCNCC6)C5)C5(n6cc(-c7ncnc8c7ccn8COCC[Si](C)(C)C)cn6)CN(C6CCNCC6)C5)CN(C5CCNCC5)C4)c3)ncnc21.Cl. The molecule has 6 saturated heterocycles. The van der Waals surface area contributed by atoms with Crippen LogP contribution in [0.1, 0.15) is 38.5 Å². The van der Waals surface area contributed by atoms with E-state index in [-0.39, 0.29) is 12.4 Å². The van der Waals surface area contributed by atoms with Gasteiger partial charge in [-0.1, -0.05) is 58.9 Å². The highest BCUT2D eigenvalue weighted by Gasteiger charge is 2.83. The lowest BCUT2D eigenvalue weighted by molar-refractivity contribution is -0.264. The van der Waals surface area contributed by atoms with Gasteiger partial charge < -0.3 is 43.9 Å². The van der Waals surface area contributed by atoms with E-state index in [4.69, 9.17) is 59.4 Å². The number of nitrogens with zero attached hydrogens (tertiary/aromatic N) is 19. The molecule has 29 heteroatoms. The molecule has 0 aromatic carbocycles. The first-order chi connectivity index (χ1) is 47.8. The fourth-order valence-corrected chi connectivity index (χ4v) is 19.4. The van der Waals surface area contributed by atoms with Crippen LogP contribution in [0.4, 0.5) is 0 Å². The zero-order chi connectivity index (χ0) is 68.4. The van der Waals surface area contributed by atoms with Gasteiger partial charge in [0.05, 0.1) is 41.7 Å². The first kappa shape index (κ1) is 70.6. The smallest absolute Gasteiger partial charge is 0.145 e. The van der Waals surface area contributed by atoms with Crippen molar-refractivity contribution in [1.29, 1.82) is 5.26 Å². The summed E-state index contributed by atoms with van der Waals surface area (Å²) in [6.07, 6.45) is 29.8. The Morgan fingerprint density at radius 1 is 0.450 bits per heavy atom. The molecule has 6 fully saturated rings. The van der Waals surface area contributed by atoms with Crippen molar-refractivity contribution in [1.82, 2.24) is 104 Å². The predicted octanol–water partition coefficient (Wildman–Crippen LogP) is 9.07. The summed E-state index contributed by atoms with van der Waals surface area (Å²) >= 11 is 0. The van der Waals surface area contributed by atoms with Crippen molar-refractivity contribution >= 4 is 69.7 Å². The number of hydrogen-bond donors (Lipinski definition) is 3. The van der Waals surface area contributed by atoms with E-state index in [1.54, 1.807) is 19.0 Å². The van der Waals surface area contributed by atoms with Crippen molar-refractivity contribution in [2.24, 2.45) is 5.41 Å². The van der Waals surface area contributed by atoms with E-state index in [1.807, 2.05) is 18.6 Å². The molecule has 25 nitrogen and oxygen atoms in total. The molecule has 6 aliphatic rings. The molecule has 534 valence electrons. The molecule has 3 N–H and O–H groups in total. The van der Waals surface area contributed by atoms with Crippen LogP contribution >= 0.6 is 12.4 Å². The van der Waals surface area contributed by atoms with Gasteiger partial charge in [0.1, 0.15) is 78.1 Å². The molecule has 0 spiro atoms. The van der Waals surface area contributed by atoms with Gasteiger partial charge in [-0.05, 0) is 114 Å². The molecule has 100 heavy (non-hydrogen) atoms. The number of piperidine rings is 3. The Kier molecular flexibility index (Phi) is 20.0. The van der Waals surface area contributed by atoms with E-state index in [2.05, 4.69) is 179 Å². The zero-order valence-corrected chi connectivity index (χ0v) is 63.9. The van der Waals surface area contributed by atoms with E-state index in [0.717, 1.165) is 163 Å². The van der Waals surface area contributed by atoms with Crippen LogP contribution in [0.25, 0.3) is 66.9 Å². The number of hydrogen-bond acceptors (Lipinski definition) is 19. The average molecular weight is 1430 g/mol. The second-order valence-electron chi connectivity index (χ2n) is 32.9. The maximum atomic E-state index is 14.0. The van der Waals surface area contributed by atoms with Crippen LogP contribution in [0.5, 0.6) is 0 Å². The average Bonchev–Trinajstić information content (AvgIpc) is 0.910. The molecule has 0 atom stereocenters. The molecule has 6 aliphatic heterocycles. The highest BCUT2D eigenvalue weighted by atomic mass is 35.5. The quantitative estimate of drug-likeness (QED) is 0.0321. The monoisotopic (exact) mass is 1430 g/mol. The van der Waals surface area contributed by atoms with Gasteiger partial charge in [0.2, 0.25) is 0 Å². The lowest BCUT2D eigenvalue weighted by Gasteiger charge is -2.75. The number of nitrogens with one attached hydrogen (secondary N) is 3. The maximum Gasteiger partial charge on any atom is 0.145 e. The van der Waals surface area contributed by atoms with E-state index in [0.29, 0.717) is 97.4 Å².